The maximum absolute atomic E-state index is 11.6. The number of ether oxygens (including phenoxy) is 1. The van der Waals surface area contributed by atoms with E-state index in [4.69, 9.17) is 4.74 Å². The minimum atomic E-state index is -0.416. The summed E-state index contributed by atoms with van der Waals surface area (Å²) >= 11 is 0. The van der Waals surface area contributed by atoms with Gasteiger partial charge in [0, 0.05) is 18.1 Å². The van der Waals surface area contributed by atoms with Gasteiger partial charge in [0.25, 0.3) is 0 Å². The van der Waals surface area contributed by atoms with Crippen molar-refractivity contribution in [3.05, 3.63) is 0 Å². The molecular formula is C14H28N2O2. The van der Waals surface area contributed by atoms with E-state index in [0.717, 1.165) is 25.7 Å². The quantitative estimate of drug-likeness (QED) is 0.816. The van der Waals surface area contributed by atoms with Crippen LogP contribution in [0.2, 0.25) is 0 Å². The Kier molecular flexibility index (Phi) is 5.45. The molecule has 0 aromatic heterocycles. The van der Waals surface area contributed by atoms with Gasteiger partial charge in [0.1, 0.15) is 5.60 Å². The molecule has 4 nitrogen and oxygen atoms in total. The predicted octanol–water partition coefficient (Wildman–Crippen LogP) is 2.82. The zero-order valence-electron chi connectivity index (χ0n) is 12.4. The molecule has 0 heterocycles. The molecule has 0 aliphatic heterocycles. The van der Waals surface area contributed by atoms with Crippen LogP contribution in [0.25, 0.3) is 0 Å². The van der Waals surface area contributed by atoms with E-state index in [2.05, 4.69) is 24.5 Å². The number of amides is 1. The van der Waals surface area contributed by atoms with Gasteiger partial charge in [-0.15, -0.1) is 0 Å². The smallest absolute Gasteiger partial charge is 0.407 e. The lowest BCUT2D eigenvalue weighted by molar-refractivity contribution is 0.0489. The van der Waals surface area contributed by atoms with E-state index in [1.807, 2.05) is 20.8 Å². The van der Waals surface area contributed by atoms with Crippen LogP contribution < -0.4 is 10.6 Å². The zero-order valence-corrected chi connectivity index (χ0v) is 12.4. The highest BCUT2D eigenvalue weighted by Crippen LogP contribution is 2.19. The second-order valence-corrected chi connectivity index (χ2v) is 6.52. The van der Waals surface area contributed by atoms with Crippen LogP contribution in [0.3, 0.4) is 0 Å². The maximum Gasteiger partial charge on any atom is 0.407 e. The molecule has 1 aliphatic carbocycles. The van der Waals surface area contributed by atoms with Crippen molar-refractivity contribution in [2.75, 3.05) is 0 Å². The van der Waals surface area contributed by atoms with Gasteiger partial charge in [0.05, 0.1) is 0 Å². The van der Waals surface area contributed by atoms with E-state index in [-0.39, 0.29) is 12.1 Å². The average molecular weight is 256 g/mol. The van der Waals surface area contributed by atoms with Crippen LogP contribution in [0.5, 0.6) is 0 Å². The van der Waals surface area contributed by atoms with Crippen LogP contribution in [0, 0.1) is 0 Å². The fraction of sp³-hybridized carbons (Fsp3) is 0.929. The number of rotatable bonds is 3. The maximum atomic E-state index is 11.6. The molecule has 0 atom stereocenters. The van der Waals surface area contributed by atoms with Crippen LogP contribution in [0.15, 0.2) is 0 Å². The Balaban J connectivity index is 2.25. The first-order valence-corrected chi connectivity index (χ1v) is 7.02. The van der Waals surface area contributed by atoms with E-state index >= 15 is 0 Å². The lowest BCUT2D eigenvalue weighted by atomic mass is 9.91. The number of nitrogens with one attached hydrogen (secondary N) is 2. The Labute approximate surface area is 111 Å². The number of carbonyl (C=O) groups excluding carboxylic acids is 1. The molecule has 0 bridgehead atoms. The summed E-state index contributed by atoms with van der Waals surface area (Å²) in [6.45, 7) is 10.00. The first-order valence-electron chi connectivity index (χ1n) is 7.02. The molecule has 1 saturated carbocycles. The number of hydrogen-bond donors (Lipinski definition) is 2. The third kappa shape index (κ3) is 6.24. The third-order valence-corrected chi connectivity index (χ3v) is 3.02. The largest absolute Gasteiger partial charge is 0.444 e. The first-order chi connectivity index (χ1) is 8.26. The predicted molar refractivity (Wildman–Crippen MR) is 73.7 cm³/mol. The number of alkyl carbamates (subject to hydrolysis) is 1. The highest BCUT2D eigenvalue weighted by molar-refractivity contribution is 5.68. The van der Waals surface area contributed by atoms with Crippen molar-refractivity contribution in [3.63, 3.8) is 0 Å². The Hall–Kier alpha value is -0.770. The minimum absolute atomic E-state index is 0.269. The normalized spacial score (nSPS) is 25.0. The van der Waals surface area contributed by atoms with Crippen molar-refractivity contribution >= 4 is 6.09 Å². The Morgan fingerprint density at radius 1 is 1.11 bits per heavy atom. The lowest BCUT2D eigenvalue weighted by Crippen LogP contribution is -2.45. The molecule has 0 aromatic rings. The highest BCUT2D eigenvalue weighted by Gasteiger charge is 2.24. The molecule has 1 aliphatic rings. The summed E-state index contributed by atoms with van der Waals surface area (Å²) in [6.07, 6.45) is 4.02. The average Bonchev–Trinajstić information content (AvgIpc) is 2.17. The fourth-order valence-electron chi connectivity index (χ4n) is 2.35. The molecule has 1 fully saturated rings. The van der Waals surface area contributed by atoms with Crippen LogP contribution in [-0.2, 0) is 4.74 Å². The van der Waals surface area contributed by atoms with Crippen molar-refractivity contribution in [1.82, 2.24) is 10.6 Å². The number of carbonyl (C=O) groups is 1. The van der Waals surface area contributed by atoms with E-state index < -0.39 is 5.60 Å². The molecular weight excluding hydrogens is 228 g/mol. The Morgan fingerprint density at radius 2 is 1.61 bits per heavy atom. The Bertz CT molecular complexity index is 263. The van der Waals surface area contributed by atoms with Crippen LogP contribution in [0.4, 0.5) is 4.79 Å². The molecule has 4 heteroatoms. The lowest BCUT2D eigenvalue weighted by Gasteiger charge is -2.31. The second kappa shape index (κ2) is 6.41. The Morgan fingerprint density at radius 3 is 2.06 bits per heavy atom. The number of hydrogen-bond acceptors (Lipinski definition) is 3. The summed E-state index contributed by atoms with van der Waals surface area (Å²) in [5.41, 5.74) is -0.416. The SMILES string of the molecule is CC(C)NC1CCC(NC(=O)OC(C)(C)C)CC1. The van der Waals surface area contributed by atoms with Gasteiger partial charge < -0.3 is 15.4 Å². The summed E-state index contributed by atoms with van der Waals surface area (Å²) in [7, 11) is 0. The van der Waals surface area contributed by atoms with E-state index in [1.54, 1.807) is 0 Å². The standard InChI is InChI=1S/C14H28N2O2/c1-10(2)15-11-6-8-12(9-7-11)16-13(17)18-14(3,4)5/h10-12,15H,6-9H2,1-5H3,(H,16,17). The van der Waals surface area contributed by atoms with E-state index in [0.29, 0.717) is 12.1 Å². The minimum Gasteiger partial charge on any atom is -0.444 e. The highest BCUT2D eigenvalue weighted by atomic mass is 16.6. The van der Waals surface area contributed by atoms with Gasteiger partial charge in [-0.1, -0.05) is 13.8 Å². The summed E-state index contributed by atoms with van der Waals surface area (Å²) in [6, 6.07) is 1.40. The second-order valence-electron chi connectivity index (χ2n) is 6.52. The molecule has 2 N–H and O–H groups in total. The monoisotopic (exact) mass is 256 g/mol. The molecule has 0 aromatic carbocycles. The summed E-state index contributed by atoms with van der Waals surface area (Å²) < 4.78 is 5.27. The van der Waals surface area contributed by atoms with Gasteiger partial charge >= 0.3 is 6.09 Å². The fourth-order valence-corrected chi connectivity index (χ4v) is 2.35. The van der Waals surface area contributed by atoms with Crippen LogP contribution >= 0.6 is 0 Å². The van der Waals surface area contributed by atoms with Gasteiger partial charge in [-0.3, -0.25) is 0 Å². The third-order valence-electron chi connectivity index (χ3n) is 3.02. The molecule has 106 valence electrons. The van der Waals surface area contributed by atoms with Crippen molar-refractivity contribution < 1.29 is 9.53 Å². The van der Waals surface area contributed by atoms with Gasteiger partial charge in [-0.2, -0.15) is 0 Å². The van der Waals surface area contributed by atoms with Crippen molar-refractivity contribution in [2.45, 2.75) is 84.0 Å². The molecule has 0 unspecified atom stereocenters. The van der Waals surface area contributed by atoms with E-state index in [9.17, 15) is 4.79 Å². The molecule has 0 spiro atoms. The molecule has 18 heavy (non-hydrogen) atoms. The van der Waals surface area contributed by atoms with Crippen molar-refractivity contribution in [3.8, 4) is 0 Å². The van der Waals surface area contributed by atoms with Gasteiger partial charge in [0.15, 0.2) is 0 Å². The van der Waals surface area contributed by atoms with Gasteiger partial charge in [-0.05, 0) is 46.5 Å². The topological polar surface area (TPSA) is 50.4 Å². The summed E-state index contributed by atoms with van der Waals surface area (Å²) in [4.78, 5) is 11.6. The van der Waals surface area contributed by atoms with Crippen molar-refractivity contribution in [2.24, 2.45) is 0 Å². The molecule has 1 amide bonds. The summed E-state index contributed by atoms with van der Waals surface area (Å²) in [5, 5.41) is 6.51. The van der Waals surface area contributed by atoms with Gasteiger partial charge in [0.2, 0.25) is 0 Å². The molecule has 1 rings (SSSR count). The van der Waals surface area contributed by atoms with Crippen LogP contribution in [0.1, 0.15) is 60.3 Å². The first kappa shape index (κ1) is 15.3. The molecule has 0 saturated heterocycles. The van der Waals surface area contributed by atoms with Gasteiger partial charge in [-0.25, -0.2) is 4.79 Å². The zero-order chi connectivity index (χ0) is 13.8. The van der Waals surface area contributed by atoms with Crippen molar-refractivity contribution in [1.29, 1.82) is 0 Å². The van der Waals surface area contributed by atoms with Crippen LogP contribution in [-0.4, -0.2) is 29.8 Å². The molecule has 0 radical (unpaired) electrons. The summed E-state index contributed by atoms with van der Waals surface area (Å²) in [5.74, 6) is 0. The van der Waals surface area contributed by atoms with E-state index in [1.165, 1.54) is 0 Å².